The first-order chi connectivity index (χ1) is 13.1. The molecule has 1 aromatic carbocycles. The average Bonchev–Trinajstić information content (AvgIpc) is 3.08. The maximum Gasteiger partial charge on any atom is 0.191 e. The van der Waals surface area contributed by atoms with E-state index >= 15 is 0 Å². The van der Waals surface area contributed by atoms with Crippen LogP contribution in [0, 0.1) is 0 Å². The number of aliphatic imine (C=N–C) groups is 1. The van der Waals surface area contributed by atoms with Crippen molar-refractivity contribution < 1.29 is 9.47 Å². The Morgan fingerprint density at radius 2 is 2.11 bits per heavy atom. The Labute approximate surface area is 160 Å². The van der Waals surface area contributed by atoms with E-state index in [0.717, 1.165) is 29.2 Å². The van der Waals surface area contributed by atoms with Crippen molar-refractivity contribution in [3.05, 3.63) is 48.1 Å². The summed E-state index contributed by atoms with van der Waals surface area (Å²) in [7, 11) is 5.13. The van der Waals surface area contributed by atoms with E-state index in [1.54, 1.807) is 18.9 Å². The molecule has 0 aliphatic rings. The number of hydrogen-bond donors (Lipinski definition) is 2. The Hall–Kier alpha value is -3.03. The zero-order valence-electron chi connectivity index (χ0n) is 16.5. The van der Waals surface area contributed by atoms with Gasteiger partial charge in [0, 0.05) is 19.2 Å². The molecular weight excluding hydrogens is 344 g/mol. The average molecular weight is 372 g/mol. The second-order valence-corrected chi connectivity index (χ2v) is 5.83. The van der Waals surface area contributed by atoms with Gasteiger partial charge in [-0.1, -0.05) is 6.08 Å². The number of guanidine groups is 1. The van der Waals surface area contributed by atoms with Crippen LogP contribution in [0.25, 0.3) is 0 Å². The summed E-state index contributed by atoms with van der Waals surface area (Å²) >= 11 is 0. The van der Waals surface area contributed by atoms with Gasteiger partial charge < -0.3 is 20.1 Å². The predicted molar refractivity (Wildman–Crippen MR) is 106 cm³/mol. The van der Waals surface area contributed by atoms with E-state index in [1.165, 1.54) is 6.33 Å². The monoisotopic (exact) mass is 372 g/mol. The largest absolute Gasteiger partial charge is 0.493 e. The van der Waals surface area contributed by atoms with Crippen molar-refractivity contribution in [2.75, 3.05) is 20.8 Å². The second-order valence-electron chi connectivity index (χ2n) is 5.83. The molecule has 0 saturated heterocycles. The van der Waals surface area contributed by atoms with E-state index in [0.29, 0.717) is 31.2 Å². The summed E-state index contributed by atoms with van der Waals surface area (Å²) in [4.78, 5) is 8.87. The summed E-state index contributed by atoms with van der Waals surface area (Å²) in [6.45, 7) is 7.64. The van der Waals surface area contributed by atoms with E-state index in [1.807, 2.05) is 26.1 Å². The van der Waals surface area contributed by atoms with Crippen LogP contribution in [-0.4, -0.2) is 41.5 Å². The Bertz CT molecular complexity index is 785. The summed E-state index contributed by atoms with van der Waals surface area (Å²) < 4.78 is 12.7. The molecule has 0 unspecified atom stereocenters. The van der Waals surface area contributed by atoms with Crippen LogP contribution in [0.1, 0.15) is 23.9 Å². The summed E-state index contributed by atoms with van der Waals surface area (Å²) in [5, 5.41) is 10.6. The molecule has 8 heteroatoms. The Kier molecular flexibility index (Phi) is 7.66. The molecule has 1 heterocycles. The lowest BCUT2D eigenvalue weighted by atomic mass is 10.1. The SMILES string of the molecule is C=CCc1cc(CN=C(NCC)NCc2ncnn2C)cc(OC)c1OC. The fourth-order valence-corrected chi connectivity index (χ4v) is 2.66. The summed E-state index contributed by atoms with van der Waals surface area (Å²) in [5.41, 5.74) is 2.05. The number of hydrogen-bond acceptors (Lipinski definition) is 5. The molecule has 2 aromatic rings. The molecular formula is C19H28N6O2. The number of aryl methyl sites for hydroxylation is 1. The Morgan fingerprint density at radius 1 is 1.30 bits per heavy atom. The molecule has 0 aliphatic carbocycles. The second kappa shape index (κ2) is 10.2. The Balaban J connectivity index is 2.17. The first-order valence-electron chi connectivity index (χ1n) is 8.82. The number of benzene rings is 1. The maximum atomic E-state index is 5.48. The lowest BCUT2D eigenvalue weighted by Crippen LogP contribution is -2.37. The molecule has 0 amide bonds. The van der Waals surface area contributed by atoms with Crippen LogP contribution in [0.4, 0.5) is 0 Å². The third-order valence-electron chi connectivity index (χ3n) is 3.96. The third kappa shape index (κ3) is 5.47. The quantitative estimate of drug-likeness (QED) is 0.397. The van der Waals surface area contributed by atoms with Gasteiger partial charge in [0.25, 0.3) is 0 Å². The van der Waals surface area contributed by atoms with Crippen LogP contribution in [0.5, 0.6) is 11.5 Å². The van der Waals surface area contributed by atoms with E-state index < -0.39 is 0 Å². The standard InChI is InChI=1S/C19H28N6O2/c1-6-8-15-9-14(10-16(26-4)18(15)27-5)11-21-19(20-7-2)22-12-17-23-13-24-25(17)3/h6,9-10,13H,1,7-8,11-12H2,2-5H3,(H2,20,21,22). The lowest BCUT2D eigenvalue weighted by molar-refractivity contribution is 0.352. The molecule has 2 N–H and O–H groups in total. The maximum absolute atomic E-state index is 5.48. The van der Waals surface area contributed by atoms with E-state index in [9.17, 15) is 0 Å². The molecule has 0 saturated carbocycles. The minimum Gasteiger partial charge on any atom is -0.493 e. The van der Waals surface area contributed by atoms with Crippen molar-refractivity contribution in [3.63, 3.8) is 0 Å². The van der Waals surface area contributed by atoms with Crippen LogP contribution < -0.4 is 20.1 Å². The molecule has 1 aromatic heterocycles. The molecule has 0 fully saturated rings. The van der Waals surface area contributed by atoms with Crippen LogP contribution in [-0.2, 0) is 26.6 Å². The number of nitrogens with one attached hydrogen (secondary N) is 2. The third-order valence-corrected chi connectivity index (χ3v) is 3.96. The van der Waals surface area contributed by atoms with Gasteiger partial charge in [-0.3, -0.25) is 4.68 Å². The van der Waals surface area contributed by atoms with Gasteiger partial charge in [-0.05, 0) is 31.0 Å². The smallest absolute Gasteiger partial charge is 0.191 e. The minimum atomic E-state index is 0.499. The number of aromatic nitrogens is 3. The Morgan fingerprint density at radius 3 is 2.70 bits per heavy atom. The molecule has 0 radical (unpaired) electrons. The topological polar surface area (TPSA) is 85.6 Å². The number of allylic oxidation sites excluding steroid dienone is 1. The highest BCUT2D eigenvalue weighted by atomic mass is 16.5. The first kappa shape index (κ1) is 20.3. The van der Waals surface area contributed by atoms with E-state index in [-0.39, 0.29) is 0 Å². The van der Waals surface area contributed by atoms with Crippen molar-refractivity contribution in [3.8, 4) is 11.5 Å². The van der Waals surface area contributed by atoms with Crippen molar-refractivity contribution in [1.82, 2.24) is 25.4 Å². The minimum absolute atomic E-state index is 0.499. The molecule has 27 heavy (non-hydrogen) atoms. The van der Waals surface area contributed by atoms with Gasteiger partial charge >= 0.3 is 0 Å². The number of methoxy groups -OCH3 is 2. The van der Waals surface area contributed by atoms with Crippen LogP contribution >= 0.6 is 0 Å². The van der Waals surface area contributed by atoms with E-state index in [4.69, 9.17) is 9.47 Å². The van der Waals surface area contributed by atoms with Crippen molar-refractivity contribution in [2.45, 2.75) is 26.4 Å². The predicted octanol–water partition coefficient (Wildman–Crippen LogP) is 1.82. The van der Waals surface area contributed by atoms with Gasteiger partial charge in [-0.2, -0.15) is 5.10 Å². The highest BCUT2D eigenvalue weighted by Crippen LogP contribution is 2.33. The van der Waals surface area contributed by atoms with Crippen LogP contribution in [0.3, 0.4) is 0 Å². The van der Waals surface area contributed by atoms with Crippen LogP contribution in [0.15, 0.2) is 36.1 Å². The zero-order valence-corrected chi connectivity index (χ0v) is 16.5. The number of rotatable bonds is 9. The fourth-order valence-electron chi connectivity index (χ4n) is 2.66. The van der Waals surface area contributed by atoms with Gasteiger partial charge in [0.15, 0.2) is 17.5 Å². The lowest BCUT2D eigenvalue weighted by Gasteiger charge is -2.14. The molecule has 0 atom stereocenters. The fraction of sp³-hybridized carbons (Fsp3) is 0.421. The van der Waals surface area contributed by atoms with E-state index in [2.05, 4.69) is 38.4 Å². The van der Waals surface area contributed by atoms with Gasteiger partial charge in [0.2, 0.25) is 0 Å². The highest BCUT2D eigenvalue weighted by molar-refractivity contribution is 5.79. The summed E-state index contributed by atoms with van der Waals surface area (Å²) in [5.74, 6) is 2.97. The number of nitrogens with zero attached hydrogens (tertiary/aromatic N) is 4. The van der Waals surface area contributed by atoms with Gasteiger partial charge in [-0.15, -0.1) is 6.58 Å². The van der Waals surface area contributed by atoms with Gasteiger partial charge in [-0.25, -0.2) is 9.98 Å². The van der Waals surface area contributed by atoms with Gasteiger partial charge in [0.1, 0.15) is 12.2 Å². The first-order valence-corrected chi connectivity index (χ1v) is 8.82. The molecule has 0 bridgehead atoms. The van der Waals surface area contributed by atoms with Crippen molar-refractivity contribution in [2.24, 2.45) is 12.0 Å². The molecule has 146 valence electrons. The van der Waals surface area contributed by atoms with Crippen molar-refractivity contribution in [1.29, 1.82) is 0 Å². The highest BCUT2D eigenvalue weighted by Gasteiger charge is 2.12. The summed E-state index contributed by atoms with van der Waals surface area (Å²) in [6, 6.07) is 4.01. The zero-order chi connectivity index (χ0) is 19.6. The molecule has 0 aliphatic heterocycles. The summed E-state index contributed by atoms with van der Waals surface area (Å²) in [6.07, 6.45) is 4.07. The molecule has 8 nitrogen and oxygen atoms in total. The van der Waals surface area contributed by atoms with Gasteiger partial charge in [0.05, 0.1) is 27.3 Å². The van der Waals surface area contributed by atoms with Crippen LogP contribution in [0.2, 0.25) is 0 Å². The molecule has 2 rings (SSSR count). The normalized spacial score (nSPS) is 11.2. The van der Waals surface area contributed by atoms with Crippen molar-refractivity contribution >= 4 is 5.96 Å². The number of ether oxygens (including phenoxy) is 2. The molecule has 0 spiro atoms.